The highest BCUT2D eigenvalue weighted by atomic mass is 16.5. The molecule has 0 aromatic heterocycles. The molecule has 21 heavy (non-hydrogen) atoms. The molecule has 1 aromatic rings. The summed E-state index contributed by atoms with van der Waals surface area (Å²) in [6.45, 7) is 9.49. The summed E-state index contributed by atoms with van der Waals surface area (Å²) in [6, 6.07) is 8.21. The largest absolute Gasteiger partial charge is 0.378 e. The number of rotatable bonds is 7. The van der Waals surface area contributed by atoms with E-state index in [2.05, 4.69) is 32.9 Å². The summed E-state index contributed by atoms with van der Waals surface area (Å²) in [6.07, 6.45) is 4.24. The van der Waals surface area contributed by atoms with Crippen molar-refractivity contribution in [3.8, 4) is 0 Å². The summed E-state index contributed by atoms with van der Waals surface area (Å²) in [4.78, 5) is 12.3. The molecule has 1 aromatic carbocycles. The third kappa shape index (κ3) is 3.94. The number of ketones is 1. The van der Waals surface area contributed by atoms with Gasteiger partial charge in [-0.2, -0.15) is 0 Å². The number of carbonyl (C=O) groups excluding carboxylic acids is 1. The molecule has 0 aliphatic heterocycles. The van der Waals surface area contributed by atoms with Gasteiger partial charge in [-0.1, -0.05) is 45.0 Å². The number of Topliss-reactive ketones (excluding diaryl/α,β-unsaturated/α-hetero) is 1. The fraction of sp³-hybridized carbons (Fsp3) is 0.632. The van der Waals surface area contributed by atoms with E-state index >= 15 is 0 Å². The highest BCUT2D eigenvalue weighted by molar-refractivity contribution is 5.96. The van der Waals surface area contributed by atoms with Gasteiger partial charge in [-0.05, 0) is 43.1 Å². The summed E-state index contributed by atoms with van der Waals surface area (Å²) in [5, 5.41) is 0. The minimum atomic E-state index is 0.181. The lowest BCUT2D eigenvalue weighted by Gasteiger charge is -2.34. The molecular weight excluding hydrogens is 260 g/mol. The molecule has 0 spiro atoms. The number of ether oxygens (including phenoxy) is 1. The van der Waals surface area contributed by atoms with E-state index < -0.39 is 0 Å². The molecule has 0 atom stereocenters. The van der Waals surface area contributed by atoms with Crippen LogP contribution in [-0.4, -0.2) is 18.5 Å². The number of hydrogen-bond acceptors (Lipinski definition) is 2. The van der Waals surface area contributed by atoms with E-state index in [1.165, 1.54) is 5.56 Å². The first-order valence-corrected chi connectivity index (χ1v) is 8.21. The van der Waals surface area contributed by atoms with Crippen LogP contribution in [-0.2, 0) is 10.2 Å². The van der Waals surface area contributed by atoms with Crippen molar-refractivity contribution in [3.05, 3.63) is 35.4 Å². The predicted molar refractivity (Wildman–Crippen MR) is 86.8 cm³/mol. The van der Waals surface area contributed by atoms with Gasteiger partial charge in [-0.25, -0.2) is 0 Å². The number of carbonyl (C=O) groups is 1. The second kappa shape index (κ2) is 6.74. The van der Waals surface area contributed by atoms with Crippen LogP contribution in [0.2, 0.25) is 0 Å². The highest BCUT2D eigenvalue weighted by Crippen LogP contribution is 2.34. The summed E-state index contributed by atoms with van der Waals surface area (Å²) >= 11 is 0. The van der Waals surface area contributed by atoms with Crippen LogP contribution in [0.1, 0.15) is 69.3 Å². The molecular formula is C19H28O2. The Labute approximate surface area is 128 Å². The van der Waals surface area contributed by atoms with Crippen LogP contribution in [0.4, 0.5) is 0 Å². The molecule has 2 nitrogen and oxygen atoms in total. The van der Waals surface area contributed by atoms with Gasteiger partial charge in [0.2, 0.25) is 0 Å². The SMILES string of the molecule is CCOC1CC(CC(=O)c2ccc(C(C)(C)CC)cc2)C1. The summed E-state index contributed by atoms with van der Waals surface area (Å²) in [5.41, 5.74) is 2.34. The molecule has 1 aliphatic carbocycles. The maximum atomic E-state index is 12.3. The van der Waals surface area contributed by atoms with Gasteiger partial charge in [-0.15, -0.1) is 0 Å². The number of benzene rings is 1. The summed E-state index contributed by atoms with van der Waals surface area (Å²) in [5.74, 6) is 0.789. The van der Waals surface area contributed by atoms with E-state index in [-0.39, 0.29) is 11.2 Å². The molecule has 0 saturated heterocycles. The second-order valence-corrected chi connectivity index (χ2v) is 6.86. The zero-order valence-corrected chi connectivity index (χ0v) is 13.8. The van der Waals surface area contributed by atoms with E-state index in [1.54, 1.807) is 0 Å². The first-order valence-electron chi connectivity index (χ1n) is 8.21. The maximum Gasteiger partial charge on any atom is 0.163 e. The van der Waals surface area contributed by atoms with Crippen molar-refractivity contribution in [2.75, 3.05) is 6.61 Å². The monoisotopic (exact) mass is 288 g/mol. The average Bonchev–Trinajstić information content (AvgIpc) is 2.45. The van der Waals surface area contributed by atoms with Crippen molar-refractivity contribution in [2.24, 2.45) is 5.92 Å². The molecule has 1 aliphatic rings. The van der Waals surface area contributed by atoms with E-state index in [9.17, 15) is 4.79 Å². The van der Waals surface area contributed by atoms with Gasteiger partial charge in [0.15, 0.2) is 5.78 Å². The maximum absolute atomic E-state index is 12.3. The summed E-state index contributed by atoms with van der Waals surface area (Å²) in [7, 11) is 0. The van der Waals surface area contributed by atoms with Crippen LogP contribution >= 0.6 is 0 Å². The lowest BCUT2D eigenvalue weighted by molar-refractivity contribution is -0.0246. The second-order valence-electron chi connectivity index (χ2n) is 6.86. The van der Waals surface area contributed by atoms with Crippen molar-refractivity contribution >= 4 is 5.78 Å². The third-order valence-electron chi connectivity index (χ3n) is 4.94. The number of hydrogen-bond donors (Lipinski definition) is 0. The smallest absolute Gasteiger partial charge is 0.163 e. The Bertz CT molecular complexity index is 467. The fourth-order valence-corrected chi connectivity index (χ4v) is 2.90. The zero-order chi connectivity index (χ0) is 15.5. The lowest BCUT2D eigenvalue weighted by Crippen LogP contribution is -2.32. The molecule has 0 amide bonds. The van der Waals surface area contributed by atoms with Gasteiger partial charge in [0.25, 0.3) is 0 Å². The van der Waals surface area contributed by atoms with Gasteiger partial charge in [-0.3, -0.25) is 4.79 Å². The molecule has 116 valence electrons. The van der Waals surface area contributed by atoms with Crippen molar-refractivity contribution in [3.63, 3.8) is 0 Å². The van der Waals surface area contributed by atoms with Crippen LogP contribution in [0.15, 0.2) is 24.3 Å². The van der Waals surface area contributed by atoms with Gasteiger partial charge in [0.1, 0.15) is 0 Å². The van der Waals surface area contributed by atoms with Crippen LogP contribution in [0.3, 0.4) is 0 Å². The Morgan fingerprint density at radius 1 is 1.19 bits per heavy atom. The lowest BCUT2D eigenvalue weighted by atomic mass is 9.78. The van der Waals surface area contributed by atoms with Crippen molar-refractivity contribution in [1.29, 1.82) is 0 Å². The molecule has 2 heteroatoms. The average molecular weight is 288 g/mol. The molecule has 0 heterocycles. The first kappa shape index (κ1) is 16.2. The Morgan fingerprint density at radius 2 is 1.81 bits per heavy atom. The van der Waals surface area contributed by atoms with E-state index in [0.717, 1.165) is 31.4 Å². The fourth-order valence-electron chi connectivity index (χ4n) is 2.90. The molecule has 1 fully saturated rings. The quantitative estimate of drug-likeness (QED) is 0.676. The molecule has 0 N–H and O–H groups in total. The molecule has 0 radical (unpaired) electrons. The van der Waals surface area contributed by atoms with E-state index in [4.69, 9.17) is 4.74 Å². The molecule has 0 bridgehead atoms. The Kier molecular flexibility index (Phi) is 5.21. The Hall–Kier alpha value is -1.15. The van der Waals surface area contributed by atoms with E-state index in [0.29, 0.717) is 18.4 Å². The van der Waals surface area contributed by atoms with Crippen LogP contribution in [0, 0.1) is 5.92 Å². The van der Waals surface area contributed by atoms with Gasteiger partial charge in [0.05, 0.1) is 6.10 Å². The van der Waals surface area contributed by atoms with Crippen LogP contribution in [0.25, 0.3) is 0 Å². The zero-order valence-electron chi connectivity index (χ0n) is 13.8. The predicted octanol–water partition coefficient (Wildman–Crippen LogP) is 4.76. The summed E-state index contributed by atoms with van der Waals surface area (Å²) < 4.78 is 5.55. The van der Waals surface area contributed by atoms with Gasteiger partial charge >= 0.3 is 0 Å². The molecule has 2 rings (SSSR count). The third-order valence-corrected chi connectivity index (χ3v) is 4.94. The minimum Gasteiger partial charge on any atom is -0.378 e. The normalized spacial score (nSPS) is 21.9. The highest BCUT2D eigenvalue weighted by Gasteiger charge is 2.31. The Balaban J connectivity index is 1.89. The van der Waals surface area contributed by atoms with Crippen molar-refractivity contribution < 1.29 is 9.53 Å². The standard InChI is InChI=1S/C19H28O2/c1-5-19(3,4)16-9-7-15(8-10-16)18(20)13-14-11-17(12-14)21-6-2/h7-10,14,17H,5-6,11-13H2,1-4H3. The molecule has 1 saturated carbocycles. The van der Waals surface area contributed by atoms with Crippen LogP contribution in [0.5, 0.6) is 0 Å². The molecule has 0 unspecified atom stereocenters. The minimum absolute atomic E-state index is 0.181. The van der Waals surface area contributed by atoms with Gasteiger partial charge in [0, 0.05) is 18.6 Å². The van der Waals surface area contributed by atoms with E-state index in [1.807, 2.05) is 19.1 Å². The topological polar surface area (TPSA) is 26.3 Å². The van der Waals surface area contributed by atoms with Crippen LogP contribution < -0.4 is 0 Å². The Morgan fingerprint density at radius 3 is 2.33 bits per heavy atom. The first-order chi connectivity index (χ1) is 9.96. The van der Waals surface area contributed by atoms with Crippen molar-refractivity contribution in [1.82, 2.24) is 0 Å². The van der Waals surface area contributed by atoms with Gasteiger partial charge < -0.3 is 4.74 Å². The van der Waals surface area contributed by atoms with Crippen molar-refractivity contribution in [2.45, 2.75) is 64.9 Å².